The Kier molecular flexibility index (Phi) is 6.82. The predicted octanol–water partition coefficient (Wildman–Crippen LogP) is 4.77. The summed E-state index contributed by atoms with van der Waals surface area (Å²) in [5, 5.41) is 7.68. The monoisotopic (exact) mass is 397 g/mol. The van der Waals surface area contributed by atoms with Crippen molar-refractivity contribution < 1.29 is 9.21 Å². The lowest BCUT2D eigenvalue weighted by molar-refractivity contribution is -0.118. The van der Waals surface area contributed by atoms with Crippen LogP contribution in [0.1, 0.15) is 43.2 Å². The molecule has 1 amide bonds. The van der Waals surface area contributed by atoms with E-state index < -0.39 is 5.38 Å². The van der Waals surface area contributed by atoms with Crippen LogP contribution in [0.5, 0.6) is 0 Å². The lowest BCUT2D eigenvalue weighted by Crippen LogP contribution is -2.37. The van der Waals surface area contributed by atoms with Gasteiger partial charge in [-0.25, -0.2) is 0 Å². The first-order chi connectivity index (χ1) is 13.6. The highest BCUT2D eigenvalue weighted by molar-refractivity contribution is 6.32. The third-order valence-corrected chi connectivity index (χ3v) is 5.05. The van der Waals surface area contributed by atoms with Crippen LogP contribution in [-0.2, 0) is 24.2 Å². The Bertz CT molecular complexity index is 911. The average molecular weight is 398 g/mol. The van der Waals surface area contributed by atoms with E-state index in [0.717, 1.165) is 23.2 Å². The van der Waals surface area contributed by atoms with E-state index in [4.69, 9.17) is 16.0 Å². The van der Waals surface area contributed by atoms with Gasteiger partial charge in [0.15, 0.2) is 0 Å². The van der Waals surface area contributed by atoms with E-state index >= 15 is 0 Å². The Morgan fingerprint density at radius 1 is 1.04 bits per heavy atom. The molecule has 0 fully saturated rings. The summed E-state index contributed by atoms with van der Waals surface area (Å²) in [6, 6.07) is 17.8. The van der Waals surface area contributed by atoms with Crippen LogP contribution < -0.4 is 4.90 Å². The fraction of sp³-hybridized carbons (Fsp3) is 0.318. The van der Waals surface area contributed by atoms with E-state index in [1.165, 1.54) is 0 Å². The molecule has 0 saturated heterocycles. The minimum absolute atomic E-state index is 0.159. The maximum Gasteiger partial charge on any atom is 0.245 e. The number of aromatic nitrogens is 2. The van der Waals surface area contributed by atoms with Gasteiger partial charge < -0.3 is 9.32 Å². The second-order valence-electron chi connectivity index (χ2n) is 6.53. The SMILES string of the molecule is CCc1ccccc1N(Cc1nnc(Cc2ccccc2)o1)C(=O)C(Cl)CC. The molecule has 0 N–H and O–H groups in total. The number of aryl methyl sites for hydroxylation is 1. The zero-order valence-corrected chi connectivity index (χ0v) is 16.9. The van der Waals surface area contributed by atoms with Crippen LogP contribution in [0, 0.1) is 0 Å². The number of benzene rings is 2. The van der Waals surface area contributed by atoms with Gasteiger partial charge >= 0.3 is 0 Å². The Morgan fingerprint density at radius 2 is 1.71 bits per heavy atom. The molecule has 1 heterocycles. The van der Waals surface area contributed by atoms with Crippen molar-refractivity contribution in [3.05, 3.63) is 77.5 Å². The van der Waals surface area contributed by atoms with Gasteiger partial charge in [-0.15, -0.1) is 21.8 Å². The fourth-order valence-electron chi connectivity index (χ4n) is 3.03. The summed E-state index contributed by atoms with van der Waals surface area (Å²) in [4.78, 5) is 14.6. The van der Waals surface area contributed by atoms with Gasteiger partial charge in [0.05, 0.1) is 6.42 Å². The third-order valence-electron chi connectivity index (χ3n) is 4.56. The van der Waals surface area contributed by atoms with Crippen molar-refractivity contribution in [2.24, 2.45) is 0 Å². The standard InChI is InChI=1S/C22H24ClN3O2/c1-3-17-12-8-9-13-19(17)26(22(27)18(23)4-2)15-21-25-24-20(28-21)14-16-10-6-5-7-11-16/h5-13,18H,3-4,14-15H2,1-2H3. The molecule has 1 aromatic heterocycles. The molecule has 0 aliphatic rings. The quantitative estimate of drug-likeness (QED) is 0.513. The number of nitrogens with zero attached hydrogens (tertiary/aromatic N) is 3. The smallest absolute Gasteiger partial charge is 0.245 e. The van der Waals surface area contributed by atoms with Crippen LogP contribution in [0.3, 0.4) is 0 Å². The Morgan fingerprint density at radius 3 is 2.43 bits per heavy atom. The molecule has 2 aromatic carbocycles. The van der Waals surface area contributed by atoms with Gasteiger partial charge in [-0.1, -0.05) is 62.4 Å². The Labute approximate surface area is 170 Å². The number of para-hydroxylation sites is 1. The van der Waals surface area contributed by atoms with Gasteiger partial charge in [0.2, 0.25) is 17.7 Å². The highest BCUT2D eigenvalue weighted by Gasteiger charge is 2.26. The van der Waals surface area contributed by atoms with Gasteiger partial charge in [0.1, 0.15) is 11.9 Å². The molecule has 0 radical (unpaired) electrons. The van der Waals surface area contributed by atoms with Crippen LogP contribution in [-0.4, -0.2) is 21.5 Å². The molecule has 28 heavy (non-hydrogen) atoms. The van der Waals surface area contributed by atoms with Crippen LogP contribution in [0.4, 0.5) is 5.69 Å². The first-order valence-corrected chi connectivity index (χ1v) is 9.94. The van der Waals surface area contributed by atoms with Gasteiger partial charge in [-0.3, -0.25) is 4.79 Å². The maximum absolute atomic E-state index is 12.9. The number of hydrogen-bond donors (Lipinski definition) is 0. The van der Waals surface area contributed by atoms with Crippen molar-refractivity contribution in [2.45, 2.75) is 45.0 Å². The molecule has 3 aromatic rings. The first kappa shape index (κ1) is 20.1. The second-order valence-corrected chi connectivity index (χ2v) is 7.06. The predicted molar refractivity (Wildman–Crippen MR) is 110 cm³/mol. The third kappa shape index (κ3) is 4.78. The molecule has 146 valence electrons. The number of carbonyl (C=O) groups excluding carboxylic acids is 1. The van der Waals surface area contributed by atoms with Crippen LogP contribution >= 0.6 is 11.6 Å². The summed E-state index contributed by atoms with van der Waals surface area (Å²) < 4.78 is 5.82. The largest absolute Gasteiger partial charge is 0.423 e. The topological polar surface area (TPSA) is 59.2 Å². The Balaban J connectivity index is 1.85. The van der Waals surface area contributed by atoms with Crippen LogP contribution in [0.2, 0.25) is 0 Å². The lowest BCUT2D eigenvalue weighted by Gasteiger charge is -2.25. The van der Waals surface area contributed by atoms with Crippen molar-refractivity contribution >= 4 is 23.2 Å². The molecule has 0 aliphatic carbocycles. The number of halogens is 1. The molecule has 0 aliphatic heterocycles. The highest BCUT2D eigenvalue weighted by atomic mass is 35.5. The van der Waals surface area contributed by atoms with Crippen molar-refractivity contribution in [3.63, 3.8) is 0 Å². The second kappa shape index (κ2) is 9.51. The Hall–Kier alpha value is -2.66. The number of anilines is 1. The normalized spacial score (nSPS) is 12.0. The first-order valence-electron chi connectivity index (χ1n) is 9.50. The van der Waals surface area contributed by atoms with Crippen LogP contribution in [0.15, 0.2) is 59.0 Å². The van der Waals surface area contributed by atoms with Gasteiger partial charge in [-0.05, 0) is 30.0 Å². The minimum atomic E-state index is -0.600. The van der Waals surface area contributed by atoms with Gasteiger partial charge in [0.25, 0.3) is 0 Å². The summed E-state index contributed by atoms with van der Waals surface area (Å²) in [6.07, 6.45) is 1.91. The van der Waals surface area contributed by atoms with Crippen molar-refractivity contribution in [1.82, 2.24) is 10.2 Å². The zero-order chi connectivity index (χ0) is 19.9. The summed E-state index contributed by atoms with van der Waals surface area (Å²) in [5.74, 6) is 0.758. The van der Waals surface area contributed by atoms with Crippen molar-refractivity contribution in [3.8, 4) is 0 Å². The fourth-order valence-corrected chi connectivity index (χ4v) is 3.15. The average Bonchev–Trinajstić information content (AvgIpc) is 3.18. The number of rotatable bonds is 8. The molecule has 0 saturated carbocycles. The molecule has 6 heteroatoms. The molecule has 0 bridgehead atoms. The number of amides is 1. The lowest BCUT2D eigenvalue weighted by atomic mass is 10.1. The van der Waals surface area contributed by atoms with E-state index in [1.54, 1.807) is 4.90 Å². The van der Waals surface area contributed by atoms with Gasteiger partial charge in [0, 0.05) is 5.69 Å². The highest BCUT2D eigenvalue weighted by Crippen LogP contribution is 2.25. The van der Waals surface area contributed by atoms with Gasteiger partial charge in [-0.2, -0.15) is 0 Å². The summed E-state index contributed by atoms with van der Waals surface area (Å²) in [5.41, 5.74) is 2.99. The number of hydrogen-bond acceptors (Lipinski definition) is 4. The minimum Gasteiger partial charge on any atom is -0.423 e. The van der Waals surface area contributed by atoms with E-state index in [1.807, 2.05) is 61.5 Å². The van der Waals surface area contributed by atoms with Crippen molar-refractivity contribution in [2.75, 3.05) is 4.90 Å². The molecule has 1 atom stereocenters. The zero-order valence-electron chi connectivity index (χ0n) is 16.1. The number of carbonyl (C=O) groups is 1. The summed E-state index contributed by atoms with van der Waals surface area (Å²) in [7, 11) is 0. The summed E-state index contributed by atoms with van der Waals surface area (Å²) in [6.45, 7) is 4.15. The molecule has 3 rings (SSSR count). The van der Waals surface area contributed by atoms with E-state index in [0.29, 0.717) is 24.6 Å². The molecule has 5 nitrogen and oxygen atoms in total. The number of alkyl halides is 1. The van der Waals surface area contributed by atoms with Crippen molar-refractivity contribution in [1.29, 1.82) is 0 Å². The van der Waals surface area contributed by atoms with Crippen LogP contribution in [0.25, 0.3) is 0 Å². The van der Waals surface area contributed by atoms with E-state index in [9.17, 15) is 4.79 Å². The molecule has 0 spiro atoms. The molecular weight excluding hydrogens is 374 g/mol. The van der Waals surface area contributed by atoms with E-state index in [2.05, 4.69) is 17.1 Å². The molecular formula is C22H24ClN3O2. The maximum atomic E-state index is 12.9. The summed E-state index contributed by atoms with van der Waals surface area (Å²) >= 11 is 6.28. The van der Waals surface area contributed by atoms with E-state index in [-0.39, 0.29) is 12.5 Å². The molecule has 1 unspecified atom stereocenters.